The summed E-state index contributed by atoms with van der Waals surface area (Å²) in [5, 5.41) is 11.3. The van der Waals surface area contributed by atoms with Gasteiger partial charge in [0.15, 0.2) is 0 Å². The van der Waals surface area contributed by atoms with E-state index in [-0.39, 0.29) is 0 Å². The van der Waals surface area contributed by atoms with Crippen LogP contribution in [0.2, 0.25) is 0 Å². The summed E-state index contributed by atoms with van der Waals surface area (Å²) in [6.45, 7) is 2.71. The third-order valence-electron chi connectivity index (χ3n) is 5.13. The minimum atomic E-state index is 0.431. The van der Waals surface area contributed by atoms with Crippen LogP contribution in [0.1, 0.15) is 18.4 Å². The zero-order valence-electron chi connectivity index (χ0n) is 16.3. The molecule has 0 spiro atoms. The van der Waals surface area contributed by atoms with Gasteiger partial charge in [0.1, 0.15) is 18.0 Å². The average Bonchev–Trinajstić information content (AvgIpc) is 3.35. The Balaban J connectivity index is 1.41. The molecule has 3 aromatic rings. The third-order valence-corrected chi connectivity index (χ3v) is 5.13. The fourth-order valence-corrected chi connectivity index (χ4v) is 3.78. The summed E-state index contributed by atoms with van der Waals surface area (Å²) in [5.74, 6) is 1.84. The Morgan fingerprint density at radius 1 is 1.21 bits per heavy atom. The zero-order chi connectivity index (χ0) is 19.3. The molecule has 0 bridgehead atoms. The van der Waals surface area contributed by atoms with Gasteiger partial charge >= 0.3 is 0 Å². The molecule has 1 aliphatic rings. The highest BCUT2D eigenvalue weighted by Crippen LogP contribution is 2.25. The molecule has 1 aliphatic heterocycles. The Labute approximate surface area is 165 Å². The molecule has 0 amide bonds. The molecule has 0 unspecified atom stereocenters. The number of anilines is 2. The Hall–Kier alpha value is -3.00. The van der Waals surface area contributed by atoms with E-state index in [1.165, 1.54) is 12.0 Å². The molecule has 3 aromatic heterocycles. The molecule has 0 aromatic carbocycles. The summed E-state index contributed by atoms with van der Waals surface area (Å²) in [5.41, 5.74) is 3.29. The topological polar surface area (TPSA) is 83.8 Å². The van der Waals surface area contributed by atoms with Gasteiger partial charge in [-0.15, -0.1) is 0 Å². The smallest absolute Gasteiger partial charge is 0.134 e. The van der Waals surface area contributed by atoms with E-state index in [0.717, 1.165) is 48.9 Å². The molecule has 4 rings (SSSR count). The van der Waals surface area contributed by atoms with Crippen LogP contribution >= 0.6 is 0 Å². The first kappa shape index (κ1) is 18.4. The van der Waals surface area contributed by atoms with Crippen LogP contribution in [0.5, 0.6) is 0 Å². The molecule has 4 heterocycles. The van der Waals surface area contributed by atoms with Gasteiger partial charge in [-0.05, 0) is 25.0 Å². The van der Waals surface area contributed by atoms with Crippen LogP contribution in [0.15, 0.2) is 43.1 Å². The Morgan fingerprint density at radius 3 is 2.89 bits per heavy atom. The first-order valence-electron chi connectivity index (χ1n) is 9.64. The molecule has 1 fully saturated rings. The van der Waals surface area contributed by atoms with Crippen LogP contribution in [0.3, 0.4) is 0 Å². The van der Waals surface area contributed by atoms with Gasteiger partial charge in [0.25, 0.3) is 0 Å². The third kappa shape index (κ3) is 3.96. The van der Waals surface area contributed by atoms with E-state index >= 15 is 0 Å². The predicted molar refractivity (Wildman–Crippen MR) is 110 cm³/mol. The number of rotatable bonds is 7. The highest BCUT2D eigenvalue weighted by molar-refractivity contribution is 5.61. The lowest BCUT2D eigenvalue weighted by atomic mass is 10.1. The van der Waals surface area contributed by atoms with Crippen molar-refractivity contribution in [3.63, 3.8) is 0 Å². The van der Waals surface area contributed by atoms with Gasteiger partial charge in [-0.2, -0.15) is 5.10 Å². The van der Waals surface area contributed by atoms with Crippen molar-refractivity contribution in [1.29, 1.82) is 0 Å². The Morgan fingerprint density at radius 2 is 2.07 bits per heavy atom. The minimum Gasteiger partial charge on any atom is -0.373 e. The number of pyridine rings is 1. The lowest BCUT2D eigenvalue weighted by Crippen LogP contribution is -2.38. The molecule has 0 saturated carbocycles. The lowest BCUT2D eigenvalue weighted by Gasteiger charge is -2.26. The number of hydrogen-bond donors (Lipinski definition) is 2. The summed E-state index contributed by atoms with van der Waals surface area (Å²) in [6.07, 6.45) is 9.66. The number of aromatic nitrogens is 5. The van der Waals surface area contributed by atoms with E-state index in [1.54, 1.807) is 18.7 Å². The molecule has 1 saturated heterocycles. The highest BCUT2D eigenvalue weighted by atomic mass is 15.3. The van der Waals surface area contributed by atoms with Gasteiger partial charge < -0.3 is 15.5 Å². The molecule has 1 atom stereocenters. The van der Waals surface area contributed by atoms with Crippen molar-refractivity contribution in [2.45, 2.75) is 25.4 Å². The molecule has 0 aliphatic carbocycles. The molecular formula is C20H26N8. The first-order chi connectivity index (χ1) is 13.7. The summed E-state index contributed by atoms with van der Waals surface area (Å²) in [4.78, 5) is 15.2. The van der Waals surface area contributed by atoms with Crippen LogP contribution in [-0.2, 0) is 13.6 Å². The first-order valence-corrected chi connectivity index (χ1v) is 9.64. The number of nitrogens with one attached hydrogen (secondary N) is 2. The molecule has 146 valence electrons. The van der Waals surface area contributed by atoms with Crippen molar-refractivity contribution < 1.29 is 0 Å². The monoisotopic (exact) mass is 378 g/mol. The van der Waals surface area contributed by atoms with Crippen molar-refractivity contribution in [2.75, 3.05) is 30.4 Å². The molecule has 8 heteroatoms. The van der Waals surface area contributed by atoms with Crippen molar-refractivity contribution in [2.24, 2.45) is 7.05 Å². The summed E-state index contributed by atoms with van der Waals surface area (Å²) >= 11 is 0. The van der Waals surface area contributed by atoms with Gasteiger partial charge in [-0.3, -0.25) is 9.67 Å². The van der Waals surface area contributed by atoms with Crippen molar-refractivity contribution >= 4 is 11.6 Å². The van der Waals surface area contributed by atoms with Crippen molar-refractivity contribution in [3.05, 3.63) is 48.7 Å². The van der Waals surface area contributed by atoms with Crippen LogP contribution in [0, 0.1) is 0 Å². The van der Waals surface area contributed by atoms with Crippen LogP contribution in [0.4, 0.5) is 11.6 Å². The van der Waals surface area contributed by atoms with E-state index in [0.29, 0.717) is 6.04 Å². The molecule has 28 heavy (non-hydrogen) atoms. The van der Waals surface area contributed by atoms with Gasteiger partial charge in [-0.1, -0.05) is 0 Å². The van der Waals surface area contributed by atoms with Crippen LogP contribution in [0.25, 0.3) is 11.3 Å². The zero-order valence-corrected chi connectivity index (χ0v) is 16.3. The highest BCUT2D eigenvalue weighted by Gasteiger charge is 2.25. The maximum absolute atomic E-state index is 4.63. The van der Waals surface area contributed by atoms with Gasteiger partial charge in [0.05, 0.1) is 5.69 Å². The van der Waals surface area contributed by atoms with E-state index < -0.39 is 0 Å². The van der Waals surface area contributed by atoms with E-state index in [1.807, 2.05) is 37.0 Å². The van der Waals surface area contributed by atoms with E-state index in [4.69, 9.17) is 0 Å². The van der Waals surface area contributed by atoms with Gasteiger partial charge in [0, 0.05) is 75.6 Å². The Kier molecular flexibility index (Phi) is 5.48. The maximum atomic E-state index is 4.63. The summed E-state index contributed by atoms with van der Waals surface area (Å²) in [6, 6.07) is 6.44. The summed E-state index contributed by atoms with van der Waals surface area (Å²) < 4.78 is 1.87. The normalized spacial score (nSPS) is 16.5. The minimum absolute atomic E-state index is 0.431. The second-order valence-electron chi connectivity index (χ2n) is 7.04. The van der Waals surface area contributed by atoms with Crippen LogP contribution < -0.4 is 15.5 Å². The quantitative estimate of drug-likeness (QED) is 0.651. The second-order valence-corrected chi connectivity index (χ2v) is 7.04. The average molecular weight is 378 g/mol. The number of nitrogens with zero attached hydrogens (tertiary/aromatic N) is 6. The second kappa shape index (κ2) is 8.35. The summed E-state index contributed by atoms with van der Waals surface area (Å²) in [7, 11) is 3.84. The molecule has 2 N–H and O–H groups in total. The van der Waals surface area contributed by atoms with Crippen molar-refractivity contribution in [1.82, 2.24) is 30.0 Å². The van der Waals surface area contributed by atoms with E-state index in [9.17, 15) is 0 Å². The van der Waals surface area contributed by atoms with Crippen LogP contribution in [-0.4, -0.2) is 50.9 Å². The Bertz CT molecular complexity index is 908. The molecule has 0 radical (unpaired) electrons. The predicted octanol–water partition coefficient (Wildman–Crippen LogP) is 2.07. The van der Waals surface area contributed by atoms with Crippen molar-refractivity contribution in [3.8, 4) is 11.3 Å². The fourth-order valence-electron chi connectivity index (χ4n) is 3.78. The number of hydrogen-bond acceptors (Lipinski definition) is 7. The maximum Gasteiger partial charge on any atom is 0.134 e. The SMILES string of the molecule is CNc1cc(N2CCC[C@@H]2CNCc2cn(C)nc2-c2ccncc2)ncn1. The van der Waals surface area contributed by atoms with Gasteiger partial charge in [0.2, 0.25) is 0 Å². The standard InChI is InChI=1S/C20H26N8/c1-21-18-10-19(25-14-24-18)28-9-3-4-17(28)12-23-11-16-13-27(2)26-20(16)15-5-7-22-8-6-15/h5-8,10,13-14,17,23H,3-4,9,11-12H2,1-2H3,(H,21,24,25)/t17-/m1/s1. The molecular weight excluding hydrogens is 352 g/mol. The number of aryl methyl sites for hydroxylation is 1. The van der Waals surface area contributed by atoms with Gasteiger partial charge in [-0.25, -0.2) is 9.97 Å². The lowest BCUT2D eigenvalue weighted by molar-refractivity contribution is 0.571. The van der Waals surface area contributed by atoms with E-state index in [2.05, 4.69) is 41.8 Å². The largest absolute Gasteiger partial charge is 0.373 e. The fraction of sp³-hybridized carbons (Fsp3) is 0.400. The molecule has 8 nitrogen and oxygen atoms in total.